The summed E-state index contributed by atoms with van der Waals surface area (Å²) in [6, 6.07) is 0. The number of carbonyl (C=O) groups excluding carboxylic acids is 8. The average Bonchev–Trinajstić information content (AvgIpc) is 3.20. The minimum absolute atomic E-state index is 0.0364. The number of fused-ring (bicyclic) bond motifs is 7. The minimum Gasteiger partial charge on any atom is -0.465 e. The normalized spacial score (nSPS) is 42.0. The summed E-state index contributed by atoms with van der Waals surface area (Å²) in [6.45, 7) is 21.3. The third-order valence-electron chi connectivity index (χ3n) is 17.6. The molecule has 1 saturated heterocycles. The number of allylic oxidation sites excluding steroid dienone is 1. The van der Waals surface area contributed by atoms with Crippen LogP contribution in [0.3, 0.4) is 0 Å². The Bertz CT molecular complexity index is 2050. The van der Waals surface area contributed by atoms with Gasteiger partial charge in [0.15, 0.2) is 12.2 Å². The van der Waals surface area contributed by atoms with E-state index >= 15 is 4.79 Å². The Morgan fingerprint density at radius 3 is 1.79 bits per heavy atom. The molecule has 17 heteroatoms. The van der Waals surface area contributed by atoms with Crippen molar-refractivity contribution in [1.29, 1.82) is 0 Å². The highest BCUT2D eigenvalue weighted by atomic mass is 16.7. The summed E-state index contributed by atoms with van der Waals surface area (Å²) in [5.74, 6) is -5.88. The Morgan fingerprint density at radius 1 is 0.612 bits per heavy atom. The van der Waals surface area contributed by atoms with E-state index in [1.165, 1.54) is 27.7 Å². The van der Waals surface area contributed by atoms with Crippen LogP contribution in [0.25, 0.3) is 0 Å². The van der Waals surface area contributed by atoms with Crippen molar-refractivity contribution < 1.29 is 81.0 Å². The molecule has 67 heavy (non-hydrogen) atoms. The van der Waals surface area contributed by atoms with Crippen LogP contribution in [-0.2, 0) is 81.0 Å². The van der Waals surface area contributed by atoms with Gasteiger partial charge in [-0.3, -0.25) is 38.4 Å². The van der Waals surface area contributed by atoms with Crippen LogP contribution in [0.1, 0.15) is 148 Å². The van der Waals surface area contributed by atoms with Gasteiger partial charge in [-0.25, -0.2) is 0 Å². The Hall–Kier alpha value is -4.54. The van der Waals surface area contributed by atoms with Crippen LogP contribution in [-0.4, -0.2) is 103 Å². The monoisotopic (exact) mass is 944 g/mol. The summed E-state index contributed by atoms with van der Waals surface area (Å²) in [7, 11) is 0. The summed E-state index contributed by atoms with van der Waals surface area (Å²) in [5, 5.41) is 0. The van der Waals surface area contributed by atoms with Crippen LogP contribution in [0.15, 0.2) is 11.6 Å². The molecule has 0 radical (unpaired) electrons. The van der Waals surface area contributed by atoms with Crippen LogP contribution in [0, 0.1) is 50.7 Å². The molecule has 1 aliphatic heterocycles. The first kappa shape index (κ1) is 51.8. The smallest absolute Gasteiger partial charge is 0.315 e. The van der Waals surface area contributed by atoms with Gasteiger partial charge >= 0.3 is 47.8 Å². The third kappa shape index (κ3) is 9.11. The van der Waals surface area contributed by atoms with Crippen LogP contribution in [0.2, 0.25) is 0 Å². The maximum absolute atomic E-state index is 15.6. The molecule has 0 spiro atoms. The number of hydrogen-bond donors (Lipinski definition) is 0. The molecule has 0 aromatic rings. The third-order valence-corrected chi connectivity index (χ3v) is 17.6. The molecule has 0 amide bonds. The molecule has 6 aliphatic rings. The molecular formula is C50H72O17. The van der Waals surface area contributed by atoms with Gasteiger partial charge in [-0.15, -0.1) is 0 Å². The van der Waals surface area contributed by atoms with Crippen molar-refractivity contribution in [3.63, 3.8) is 0 Å². The number of ether oxygens (including phenoxy) is 9. The Kier molecular flexibility index (Phi) is 14.5. The van der Waals surface area contributed by atoms with Crippen molar-refractivity contribution in [2.24, 2.45) is 50.7 Å². The second-order valence-corrected chi connectivity index (χ2v) is 21.5. The summed E-state index contributed by atoms with van der Waals surface area (Å²) < 4.78 is 53.0. The largest absolute Gasteiger partial charge is 0.465 e. The first-order valence-corrected chi connectivity index (χ1v) is 23.8. The molecule has 0 N–H and O–H groups in total. The van der Waals surface area contributed by atoms with Crippen molar-refractivity contribution in [2.75, 3.05) is 13.2 Å². The van der Waals surface area contributed by atoms with Crippen molar-refractivity contribution in [2.45, 2.75) is 190 Å². The Balaban J connectivity index is 1.45. The van der Waals surface area contributed by atoms with E-state index in [1.807, 2.05) is 13.8 Å². The van der Waals surface area contributed by atoms with E-state index in [1.54, 1.807) is 0 Å². The lowest BCUT2D eigenvalue weighted by Crippen LogP contribution is -2.69. The van der Waals surface area contributed by atoms with Crippen LogP contribution < -0.4 is 0 Å². The lowest BCUT2D eigenvalue weighted by atomic mass is 9.33. The molecule has 5 fully saturated rings. The van der Waals surface area contributed by atoms with Crippen LogP contribution in [0.5, 0.6) is 0 Å². The standard InChI is InChI=1S/C50H72O17/c1-26-16-21-50(44(58)66-43-41(64-32(7)56)40(63-31(6)55)39(62-30(5)54)35(65-43)24-59-27(2)51)23-22-47(11)34(42(50)49(26,13)67-33(8)57)14-15-37-45(9)19-18-38(61-29(4)53)46(10,25-60-28(3)52)36(45)17-20-48(37,47)12/h14,26,35-43H,15-25H2,1-13H3/t26-,35-,36-,37-,38-,39-,40+,41-,42-,43+,45-,46-,47+,48+,49-,50-/m0/s1. The van der Waals surface area contributed by atoms with Gasteiger partial charge in [0.2, 0.25) is 12.4 Å². The van der Waals surface area contributed by atoms with E-state index in [2.05, 4.69) is 33.8 Å². The highest BCUT2D eigenvalue weighted by Gasteiger charge is 2.73. The fourth-order valence-corrected chi connectivity index (χ4v) is 14.4. The molecule has 1 heterocycles. The molecule has 0 bridgehead atoms. The number of rotatable bonds is 11. The van der Waals surface area contributed by atoms with E-state index in [-0.39, 0.29) is 41.2 Å². The number of esters is 8. The zero-order valence-corrected chi connectivity index (χ0v) is 41.6. The predicted molar refractivity (Wildman–Crippen MR) is 235 cm³/mol. The summed E-state index contributed by atoms with van der Waals surface area (Å²) in [4.78, 5) is 103. The van der Waals surface area contributed by atoms with Crippen molar-refractivity contribution in [3.8, 4) is 0 Å². The zero-order chi connectivity index (χ0) is 49.8. The SMILES string of the molecule is CC(=O)OC[C@@H]1O[C@H](OC(=O)[C@]23CC[C@H](C)[C@](C)(OC(C)=O)[C@@H]2C2=CC[C@H]4[C@@]5(C)CC[C@H](OC(C)=O)[C@@](C)(COC(C)=O)[C@H]5CC[C@@]4(C)[C@]2(C)CC3)[C@@H](OC(C)=O)[C@H](OC(C)=O)[C@H]1OC(C)=O. The highest BCUT2D eigenvalue weighted by molar-refractivity contribution is 5.80. The number of hydrogen-bond acceptors (Lipinski definition) is 17. The Labute approximate surface area is 393 Å². The molecule has 374 valence electrons. The molecule has 6 rings (SSSR count). The quantitative estimate of drug-likeness (QED) is 0.124. The molecule has 4 saturated carbocycles. The van der Waals surface area contributed by atoms with Crippen molar-refractivity contribution in [3.05, 3.63) is 11.6 Å². The van der Waals surface area contributed by atoms with Crippen molar-refractivity contribution in [1.82, 2.24) is 0 Å². The molecule has 5 aliphatic carbocycles. The topological polar surface area (TPSA) is 220 Å². The first-order chi connectivity index (χ1) is 31.1. The average molecular weight is 945 g/mol. The fraction of sp³-hybridized carbons (Fsp3) is 0.800. The van der Waals surface area contributed by atoms with Gasteiger partial charge in [0.05, 0.1) is 5.41 Å². The van der Waals surface area contributed by atoms with Crippen molar-refractivity contribution >= 4 is 47.8 Å². The van der Waals surface area contributed by atoms with Crippen LogP contribution >= 0.6 is 0 Å². The van der Waals surface area contributed by atoms with Gasteiger partial charge in [-0.05, 0) is 98.7 Å². The van der Waals surface area contributed by atoms with E-state index in [0.29, 0.717) is 38.5 Å². The van der Waals surface area contributed by atoms with Gasteiger partial charge in [-0.2, -0.15) is 0 Å². The lowest BCUT2D eigenvalue weighted by molar-refractivity contribution is -0.306. The summed E-state index contributed by atoms with van der Waals surface area (Å²) >= 11 is 0. The van der Waals surface area contributed by atoms with Gasteiger partial charge in [-0.1, -0.05) is 46.3 Å². The zero-order valence-electron chi connectivity index (χ0n) is 41.6. The first-order valence-electron chi connectivity index (χ1n) is 23.8. The van der Waals surface area contributed by atoms with E-state index in [0.717, 1.165) is 45.6 Å². The van der Waals surface area contributed by atoms with Gasteiger partial charge < -0.3 is 42.6 Å². The lowest BCUT2D eigenvalue weighted by Gasteiger charge is -2.72. The van der Waals surface area contributed by atoms with Crippen LogP contribution in [0.4, 0.5) is 0 Å². The fourth-order valence-electron chi connectivity index (χ4n) is 14.4. The van der Waals surface area contributed by atoms with E-state index in [4.69, 9.17) is 42.6 Å². The van der Waals surface area contributed by atoms with Gasteiger partial charge in [0, 0.05) is 59.8 Å². The van der Waals surface area contributed by atoms with Gasteiger partial charge in [0.1, 0.15) is 31.0 Å². The molecule has 0 aromatic heterocycles. The van der Waals surface area contributed by atoms with Gasteiger partial charge in [0.25, 0.3) is 0 Å². The second-order valence-electron chi connectivity index (χ2n) is 21.5. The minimum atomic E-state index is -1.74. The van der Waals surface area contributed by atoms with E-state index < -0.39 is 113 Å². The second kappa shape index (κ2) is 18.8. The molecule has 16 atom stereocenters. The Morgan fingerprint density at radius 2 is 1.21 bits per heavy atom. The molecule has 0 unspecified atom stereocenters. The molecule has 0 aromatic carbocycles. The predicted octanol–water partition coefficient (Wildman–Crippen LogP) is 6.43. The summed E-state index contributed by atoms with van der Waals surface area (Å²) in [6.07, 6.45) is -0.586. The maximum Gasteiger partial charge on any atom is 0.315 e. The molecule has 17 nitrogen and oxygen atoms in total. The maximum atomic E-state index is 15.6. The summed E-state index contributed by atoms with van der Waals surface area (Å²) in [5.41, 5.74) is -3.29. The van der Waals surface area contributed by atoms with E-state index in [9.17, 15) is 33.6 Å². The molecular weight excluding hydrogens is 873 g/mol. The number of carbonyl (C=O) groups is 8. The highest BCUT2D eigenvalue weighted by Crippen LogP contribution is 2.76.